The molecule has 0 aromatic carbocycles. The molecule has 0 atom stereocenters. The second-order valence-electron chi connectivity index (χ2n) is 3.58. The minimum absolute atomic E-state index is 0.224. The van der Waals surface area contributed by atoms with Crippen LogP contribution in [0.15, 0.2) is 0 Å². The molecular formula is C7H15NO2S. The minimum Gasteiger partial charge on any atom is -0.312 e. The molecule has 0 aromatic rings. The molecule has 11 heavy (non-hydrogen) atoms. The van der Waals surface area contributed by atoms with Crippen molar-refractivity contribution in [3.8, 4) is 0 Å². The summed E-state index contributed by atoms with van der Waals surface area (Å²) in [6.45, 7) is 5.14. The fourth-order valence-electron chi connectivity index (χ4n) is 1.08. The first-order chi connectivity index (χ1) is 4.99. The van der Waals surface area contributed by atoms with Gasteiger partial charge in [-0.25, -0.2) is 8.42 Å². The zero-order valence-electron chi connectivity index (χ0n) is 7.00. The van der Waals surface area contributed by atoms with Crippen LogP contribution in [0.5, 0.6) is 0 Å². The molecule has 0 aliphatic carbocycles. The van der Waals surface area contributed by atoms with Gasteiger partial charge in [-0.1, -0.05) is 13.8 Å². The molecule has 1 fully saturated rings. The van der Waals surface area contributed by atoms with Gasteiger partial charge >= 0.3 is 0 Å². The first kappa shape index (κ1) is 9.00. The van der Waals surface area contributed by atoms with Crippen molar-refractivity contribution in [2.24, 2.45) is 5.92 Å². The number of sulfone groups is 1. The molecule has 0 radical (unpaired) electrons. The van der Waals surface area contributed by atoms with Gasteiger partial charge in [-0.2, -0.15) is 0 Å². The maximum absolute atomic E-state index is 10.7. The van der Waals surface area contributed by atoms with Crippen molar-refractivity contribution in [2.45, 2.75) is 19.9 Å². The lowest BCUT2D eigenvalue weighted by atomic mass is 10.2. The number of rotatable bonds is 3. The second kappa shape index (κ2) is 3.11. The Kier molecular flexibility index (Phi) is 2.54. The third-order valence-electron chi connectivity index (χ3n) is 1.73. The molecule has 1 N–H and O–H groups in total. The summed E-state index contributed by atoms with van der Waals surface area (Å²) in [5.74, 6) is 1.26. The molecule has 4 heteroatoms. The van der Waals surface area contributed by atoms with E-state index in [1.807, 2.05) is 0 Å². The van der Waals surface area contributed by atoms with Crippen LogP contribution in [0.4, 0.5) is 0 Å². The molecule has 0 bridgehead atoms. The molecule has 1 rings (SSSR count). The monoisotopic (exact) mass is 177 g/mol. The van der Waals surface area contributed by atoms with E-state index in [1.54, 1.807) is 0 Å². The Morgan fingerprint density at radius 3 is 2.36 bits per heavy atom. The maximum Gasteiger partial charge on any atom is 0.153 e. The Labute approximate surface area is 68.1 Å². The van der Waals surface area contributed by atoms with Crippen molar-refractivity contribution in [3.05, 3.63) is 0 Å². The van der Waals surface area contributed by atoms with E-state index in [0.717, 1.165) is 6.54 Å². The van der Waals surface area contributed by atoms with Crippen LogP contribution in [-0.2, 0) is 9.84 Å². The second-order valence-corrected chi connectivity index (χ2v) is 5.73. The van der Waals surface area contributed by atoms with Gasteiger partial charge in [-0.3, -0.25) is 0 Å². The van der Waals surface area contributed by atoms with Crippen molar-refractivity contribution in [1.29, 1.82) is 0 Å². The van der Waals surface area contributed by atoms with Crippen LogP contribution in [0.1, 0.15) is 13.8 Å². The van der Waals surface area contributed by atoms with Crippen molar-refractivity contribution in [2.75, 3.05) is 18.1 Å². The summed E-state index contributed by atoms with van der Waals surface area (Å²) in [5.41, 5.74) is 0. The van der Waals surface area contributed by atoms with Gasteiger partial charge in [0.05, 0.1) is 11.5 Å². The predicted molar refractivity (Wildman–Crippen MR) is 45.3 cm³/mol. The van der Waals surface area contributed by atoms with Crippen LogP contribution in [0.25, 0.3) is 0 Å². The Hall–Kier alpha value is -0.0900. The molecule has 66 valence electrons. The molecule has 0 unspecified atom stereocenters. The highest BCUT2D eigenvalue weighted by molar-refractivity contribution is 7.92. The first-order valence-corrected chi connectivity index (χ1v) is 5.75. The number of nitrogens with one attached hydrogen (secondary N) is 1. The topological polar surface area (TPSA) is 46.2 Å². The average molecular weight is 177 g/mol. The predicted octanol–water partition coefficient (Wildman–Crippen LogP) is 0.0290. The summed E-state index contributed by atoms with van der Waals surface area (Å²) in [6.07, 6.45) is 0. The Morgan fingerprint density at radius 1 is 1.45 bits per heavy atom. The summed E-state index contributed by atoms with van der Waals surface area (Å²) < 4.78 is 21.4. The third-order valence-corrected chi connectivity index (χ3v) is 3.55. The van der Waals surface area contributed by atoms with Crippen LogP contribution < -0.4 is 5.32 Å². The van der Waals surface area contributed by atoms with Gasteiger partial charge in [-0.05, 0) is 12.5 Å². The van der Waals surface area contributed by atoms with Gasteiger partial charge in [-0.15, -0.1) is 0 Å². The summed E-state index contributed by atoms with van der Waals surface area (Å²) in [6, 6.07) is 0.224. The summed E-state index contributed by atoms with van der Waals surface area (Å²) in [5, 5.41) is 3.19. The van der Waals surface area contributed by atoms with Crippen LogP contribution in [-0.4, -0.2) is 32.5 Å². The van der Waals surface area contributed by atoms with Crippen molar-refractivity contribution in [3.63, 3.8) is 0 Å². The van der Waals surface area contributed by atoms with Crippen LogP contribution in [0.2, 0.25) is 0 Å². The molecule has 1 aliphatic rings. The van der Waals surface area contributed by atoms with Gasteiger partial charge in [0.25, 0.3) is 0 Å². The van der Waals surface area contributed by atoms with Gasteiger partial charge in [0, 0.05) is 6.04 Å². The van der Waals surface area contributed by atoms with Crippen LogP contribution in [0, 0.1) is 5.92 Å². The average Bonchev–Trinajstić information content (AvgIpc) is 1.78. The fraction of sp³-hybridized carbons (Fsp3) is 1.00. The quantitative estimate of drug-likeness (QED) is 0.661. The van der Waals surface area contributed by atoms with E-state index in [9.17, 15) is 8.42 Å². The molecule has 1 saturated heterocycles. The highest BCUT2D eigenvalue weighted by atomic mass is 32.2. The Balaban J connectivity index is 2.14. The number of hydrogen-bond acceptors (Lipinski definition) is 3. The molecule has 0 spiro atoms. The van der Waals surface area contributed by atoms with E-state index in [-0.39, 0.29) is 6.04 Å². The molecular weight excluding hydrogens is 162 g/mol. The highest BCUT2D eigenvalue weighted by Crippen LogP contribution is 2.10. The summed E-state index contributed by atoms with van der Waals surface area (Å²) in [7, 11) is -2.64. The van der Waals surface area contributed by atoms with Crippen LogP contribution in [0.3, 0.4) is 0 Å². The highest BCUT2D eigenvalue weighted by Gasteiger charge is 2.32. The van der Waals surface area contributed by atoms with E-state index >= 15 is 0 Å². The molecule has 1 heterocycles. The summed E-state index contributed by atoms with van der Waals surface area (Å²) in [4.78, 5) is 0. The number of hydrogen-bond donors (Lipinski definition) is 1. The normalized spacial score (nSPS) is 23.5. The van der Waals surface area contributed by atoms with Gasteiger partial charge in [0.1, 0.15) is 0 Å². The third kappa shape index (κ3) is 2.79. The van der Waals surface area contributed by atoms with E-state index in [2.05, 4.69) is 19.2 Å². The van der Waals surface area contributed by atoms with E-state index in [4.69, 9.17) is 0 Å². The maximum atomic E-state index is 10.7. The smallest absolute Gasteiger partial charge is 0.153 e. The Bertz CT molecular complexity index is 209. The molecule has 1 aliphatic heterocycles. The van der Waals surface area contributed by atoms with Gasteiger partial charge < -0.3 is 5.32 Å². The fourth-order valence-corrected chi connectivity index (χ4v) is 2.45. The van der Waals surface area contributed by atoms with Gasteiger partial charge in [0.2, 0.25) is 0 Å². The van der Waals surface area contributed by atoms with Crippen molar-refractivity contribution >= 4 is 9.84 Å². The molecule has 0 amide bonds. The largest absolute Gasteiger partial charge is 0.312 e. The zero-order chi connectivity index (χ0) is 8.48. The molecule has 0 aromatic heterocycles. The Morgan fingerprint density at radius 2 is 2.00 bits per heavy atom. The van der Waals surface area contributed by atoms with Gasteiger partial charge in [0.15, 0.2) is 9.84 Å². The van der Waals surface area contributed by atoms with Crippen molar-refractivity contribution < 1.29 is 8.42 Å². The van der Waals surface area contributed by atoms with E-state index in [1.165, 1.54) is 0 Å². The first-order valence-electron chi connectivity index (χ1n) is 3.93. The lowest BCUT2D eigenvalue weighted by Gasteiger charge is -2.27. The van der Waals surface area contributed by atoms with E-state index < -0.39 is 9.84 Å². The van der Waals surface area contributed by atoms with Crippen molar-refractivity contribution in [1.82, 2.24) is 5.32 Å². The SMILES string of the molecule is CC(C)CNC1CS(=O)(=O)C1. The standard InChI is InChI=1S/C7H15NO2S/c1-6(2)3-8-7-4-11(9,10)5-7/h6-8H,3-5H2,1-2H3. The summed E-state index contributed by atoms with van der Waals surface area (Å²) >= 11 is 0. The molecule has 3 nitrogen and oxygen atoms in total. The molecule has 0 saturated carbocycles. The lowest BCUT2D eigenvalue weighted by molar-refractivity contribution is 0.473. The van der Waals surface area contributed by atoms with E-state index in [0.29, 0.717) is 17.4 Å². The lowest BCUT2D eigenvalue weighted by Crippen LogP contribution is -2.51. The minimum atomic E-state index is -2.64. The zero-order valence-corrected chi connectivity index (χ0v) is 7.82. The van der Waals surface area contributed by atoms with Crippen LogP contribution >= 0.6 is 0 Å².